The van der Waals surface area contributed by atoms with Crippen LogP contribution in [-0.4, -0.2) is 16.1 Å². The summed E-state index contributed by atoms with van der Waals surface area (Å²) >= 11 is 6.61. The van der Waals surface area contributed by atoms with E-state index in [9.17, 15) is 18.0 Å². The molecule has 1 N–H and O–H groups in total. The molecule has 0 spiro atoms. The van der Waals surface area contributed by atoms with E-state index in [4.69, 9.17) is 20.4 Å². The Labute approximate surface area is 188 Å². The molecule has 2 heterocycles. The molecule has 0 bridgehead atoms. The van der Waals surface area contributed by atoms with Gasteiger partial charge in [-0.15, -0.1) is 10.2 Å². The lowest BCUT2D eigenvalue weighted by atomic mass is 10.1. The highest BCUT2D eigenvalue weighted by Gasteiger charge is 2.34. The first-order valence-corrected chi connectivity index (χ1v) is 10.3. The minimum absolute atomic E-state index is 0.0462. The molecule has 2 aromatic carbocycles. The van der Waals surface area contributed by atoms with Crippen LogP contribution in [0.3, 0.4) is 0 Å². The van der Waals surface area contributed by atoms with E-state index in [0.717, 1.165) is 23.9 Å². The van der Waals surface area contributed by atoms with Crippen molar-refractivity contribution in [3.8, 4) is 11.7 Å². The molecule has 32 heavy (non-hydrogen) atoms. The molecule has 0 aliphatic rings. The van der Waals surface area contributed by atoms with E-state index in [0.29, 0.717) is 11.3 Å². The standard InChI is InChI=1S/C21H13ClF3N3O3S/c22-15-9-8-13(11-14(15)21(23,24)25)26-18(29)17(12-5-2-1-3-6-12)32-20-28-27-19(31-20)16-7-4-10-30-16/h1-11,17H,(H,26,29)/t17-/m0/s1. The highest BCUT2D eigenvalue weighted by Crippen LogP contribution is 2.39. The summed E-state index contributed by atoms with van der Waals surface area (Å²) < 4.78 is 50.2. The molecule has 164 valence electrons. The quantitative estimate of drug-likeness (QED) is 0.319. The summed E-state index contributed by atoms with van der Waals surface area (Å²) in [5, 5.41) is 9.08. The molecule has 6 nitrogen and oxygen atoms in total. The molecular weight excluding hydrogens is 467 g/mol. The molecule has 4 rings (SSSR count). The number of alkyl halides is 3. The summed E-state index contributed by atoms with van der Waals surface area (Å²) in [6.45, 7) is 0. The molecule has 0 aliphatic carbocycles. The molecule has 2 aromatic heterocycles. The molecule has 1 atom stereocenters. The first-order valence-electron chi connectivity index (χ1n) is 9.08. The zero-order valence-corrected chi connectivity index (χ0v) is 17.5. The molecule has 0 saturated heterocycles. The van der Waals surface area contributed by atoms with Gasteiger partial charge in [-0.25, -0.2) is 0 Å². The summed E-state index contributed by atoms with van der Waals surface area (Å²) in [7, 11) is 0. The predicted molar refractivity (Wildman–Crippen MR) is 112 cm³/mol. The van der Waals surface area contributed by atoms with E-state index < -0.39 is 27.9 Å². The van der Waals surface area contributed by atoms with Gasteiger partial charge in [0, 0.05) is 5.69 Å². The number of carbonyl (C=O) groups excluding carboxylic acids is 1. The largest absolute Gasteiger partial charge is 0.459 e. The van der Waals surface area contributed by atoms with E-state index in [1.165, 1.54) is 12.3 Å². The SMILES string of the molecule is O=C(Nc1ccc(Cl)c(C(F)(F)F)c1)[C@@H](Sc1nnc(-c2ccco2)o1)c1ccccc1. The number of halogens is 4. The van der Waals surface area contributed by atoms with Gasteiger partial charge < -0.3 is 14.2 Å². The van der Waals surface area contributed by atoms with Gasteiger partial charge in [-0.3, -0.25) is 4.79 Å². The molecule has 0 radical (unpaired) electrons. The topological polar surface area (TPSA) is 81.2 Å². The predicted octanol–water partition coefficient (Wildman–Crippen LogP) is 6.47. The zero-order chi connectivity index (χ0) is 22.7. The smallest absolute Gasteiger partial charge is 0.417 e. The molecule has 4 aromatic rings. The van der Waals surface area contributed by atoms with Crippen LogP contribution in [0.4, 0.5) is 18.9 Å². The summed E-state index contributed by atoms with van der Waals surface area (Å²) in [6, 6.07) is 15.1. The van der Waals surface area contributed by atoms with Crippen LogP contribution < -0.4 is 5.32 Å². The lowest BCUT2D eigenvalue weighted by Crippen LogP contribution is -2.19. The van der Waals surface area contributed by atoms with E-state index in [1.807, 2.05) is 0 Å². The van der Waals surface area contributed by atoms with Crippen molar-refractivity contribution in [3.05, 3.63) is 83.1 Å². The average Bonchev–Trinajstić information content (AvgIpc) is 3.45. The van der Waals surface area contributed by atoms with Crippen molar-refractivity contribution in [2.75, 3.05) is 5.32 Å². The van der Waals surface area contributed by atoms with Gasteiger partial charge in [-0.05, 0) is 47.7 Å². The molecular formula is C21H13ClF3N3O3S. The van der Waals surface area contributed by atoms with Crippen LogP contribution in [0.15, 0.2) is 81.0 Å². The van der Waals surface area contributed by atoms with Crippen molar-refractivity contribution in [2.45, 2.75) is 16.6 Å². The lowest BCUT2D eigenvalue weighted by molar-refractivity contribution is -0.137. The van der Waals surface area contributed by atoms with Gasteiger partial charge in [-0.2, -0.15) is 13.2 Å². The summed E-state index contributed by atoms with van der Waals surface area (Å²) in [6.07, 6.45) is -3.20. The zero-order valence-electron chi connectivity index (χ0n) is 16.0. The Morgan fingerprint density at radius 3 is 2.53 bits per heavy atom. The van der Waals surface area contributed by atoms with E-state index in [1.54, 1.807) is 42.5 Å². The van der Waals surface area contributed by atoms with Gasteiger partial charge in [0.05, 0.1) is 16.8 Å². The van der Waals surface area contributed by atoms with Crippen molar-refractivity contribution in [1.29, 1.82) is 0 Å². The maximum absolute atomic E-state index is 13.2. The van der Waals surface area contributed by atoms with Crippen LogP contribution in [0, 0.1) is 0 Å². The van der Waals surface area contributed by atoms with Crippen LogP contribution >= 0.6 is 23.4 Å². The molecule has 1 amide bonds. The number of furan rings is 1. The second-order valence-corrected chi connectivity index (χ2v) is 7.90. The van der Waals surface area contributed by atoms with Gasteiger partial charge >= 0.3 is 6.18 Å². The average molecular weight is 480 g/mol. The number of anilines is 1. The Balaban J connectivity index is 1.59. The van der Waals surface area contributed by atoms with Crippen LogP contribution in [0.2, 0.25) is 5.02 Å². The summed E-state index contributed by atoms with van der Waals surface area (Å²) in [4.78, 5) is 13.0. The number of amides is 1. The van der Waals surface area contributed by atoms with Crippen LogP contribution in [-0.2, 0) is 11.0 Å². The Hall–Kier alpha value is -3.24. The number of nitrogens with one attached hydrogen (secondary N) is 1. The van der Waals surface area contributed by atoms with Crippen LogP contribution in [0.1, 0.15) is 16.4 Å². The monoisotopic (exact) mass is 479 g/mol. The number of benzene rings is 2. The first-order chi connectivity index (χ1) is 15.3. The van der Waals surface area contributed by atoms with Crippen molar-refractivity contribution < 1.29 is 26.8 Å². The summed E-state index contributed by atoms with van der Waals surface area (Å²) in [5.74, 6) is -0.0717. The van der Waals surface area contributed by atoms with E-state index >= 15 is 0 Å². The van der Waals surface area contributed by atoms with Gasteiger partial charge in [0.15, 0.2) is 5.76 Å². The van der Waals surface area contributed by atoms with Gasteiger partial charge in [0.2, 0.25) is 5.91 Å². The fraction of sp³-hybridized carbons (Fsp3) is 0.0952. The number of thioether (sulfide) groups is 1. The highest BCUT2D eigenvalue weighted by atomic mass is 35.5. The number of rotatable bonds is 6. The maximum atomic E-state index is 13.2. The minimum atomic E-state index is -4.66. The third-order valence-electron chi connectivity index (χ3n) is 4.24. The number of aromatic nitrogens is 2. The Morgan fingerprint density at radius 2 is 1.84 bits per heavy atom. The molecule has 11 heteroatoms. The fourth-order valence-corrected chi connectivity index (χ4v) is 3.89. The third-order valence-corrected chi connectivity index (χ3v) is 5.65. The van der Waals surface area contributed by atoms with Gasteiger partial charge in [0.25, 0.3) is 11.1 Å². The van der Waals surface area contributed by atoms with Crippen molar-refractivity contribution in [3.63, 3.8) is 0 Å². The number of hydrogen-bond acceptors (Lipinski definition) is 6. The van der Waals surface area contributed by atoms with Crippen molar-refractivity contribution in [2.24, 2.45) is 0 Å². The first kappa shape index (κ1) is 22.0. The van der Waals surface area contributed by atoms with Crippen LogP contribution in [0.5, 0.6) is 0 Å². The fourth-order valence-electron chi connectivity index (χ4n) is 2.79. The molecule has 0 fully saturated rings. The third kappa shape index (κ3) is 4.97. The Morgan fingerprint density at radius 1 is 1.06 bits per heavy atom. The Bertz CT molecular complexity index is 1210. The molecule has 0 saturated carbocycles. The maximum Gasteiger partial charge on any atom is 0.417 e. The molecule has 0 unspecified atom stereocenters. The second-order valence-electron chi connectivity index (χ2n) is 6.44. The Kier molecular flexibility index (Phi) is 6.24. The van der Waals surface area contributed by atoms with Crippen molar-refractivity contribution in [1.82, 2.24) is 10.2 Å². The summed E-state index contributed by atoms with van der Waals surface area (Å²) in [5.41, 5.74) is -0.492. The van der Waals surface area contributed by atoms with E-state index in [-0.39, 0.29) is 16.8 Å². The van der Waals surface area contributed by atoms with Gasteiger partial charge in [0.1, 0.15) is 5.25 Å². The lowest BCUT2D eigenvalue weighted by Gasteiger charge is -2.16. The number of hydrogen-bond donors (Lipinski definition) is 1. The minimum Gasteiger partial charge on any atom is -0.459 e. The molecule has 0 aliphatic heterocycles. The normalized spacial score (nSPS) is 12.5. The number of nitrogens with zero attached hydrogens (tertiary/aromatic N) is 2. The van der Waals surface area contributed by atoms with E-state index in [2.05, 4.69) is 15.5 Å². The second kappa shape index (κ2) is 9.09. The van der Waals surface area contributed by atoms with Gasteiger partial charge in [-0.1, -0.05) is 41.9 Å². The van der Waals surface area contributed by atoms with Crippen molar-refractivity contribution >= 4 is 35.0 Å². The van der Waals surface area contributed by atoms with Crippen LogP contribution in [0.25, 0.3) is 11.7 Å². The highest BCUT2D eigenvalue weighted by molar-refractivity contribution is 8.00. The number of carbonyl (C=O) groups is 1.